The molecule has 6 heteroatoms. The molecule has 0 aliphatic carbocycles. The highest BCUT2D eigenvalue weighted by molar-refractivity contribution is 6.12. The van der Waals surface area contributed by atoms with Crippen molar-refractivity contribution in [1.29, 1.82) is 0 Å². The molecule has 0 aliphatic rings. The number of hydrogen-bond donors (Lipinski definition) is 0. The van der Waals surface area contributed by atoms with Crippen molar-refractivity contribution in [2.45, 2.75) is 0 Å². The van der Waals surface area contributed by atoms with E-state index in [9.17, 15) is 0 Å². The number of pyridine rings is 3. The van der Waals surface area contributed by atoms with Gasteiger partial charge in [-0.2, -0.15) is 0 Å². The molecule has 0 amide bonds. The monoisotopic (exact) mass is 604 g/mol. The van der Waals surface area contributed by atoms with E-state index in [1.165, 1.54) is 10.8 Å². The molecule has 0 radical (unpaired) electrons. The average Bonchev–Trinajstić information content (AvgIpc) is 3.66. The van der Waals surface area contributed by atoms with Crippen LogP contribution in [0.3, 0.4) is 0 Å². The molecule has 222 valence electrons. The maximum atomic E-state index is 5.05. The van der Waals surface area contributed by atoms with E-state index in [1.54, 1.807) is 0 Å². The van der Waals surface area contributed by atoms with Crippen molar-refractivity contribution in [3.05, 3.63) is 152 Å². The van der Waals surface area contributed by atoms with Crippen molar-refractivity contribution in [3.63, 3.8) is 0 Å². The summed E-state index contributed by atoms with van der Waals surface area (Å²) in [5.74, 6) is 0.930. The largest absolute Gasteiger partial charge is 0.327 e. The van der Waals surface area contributed by atoms with Crippen LogP contribution in [0.1, 0.15) is 0 Å². The first-order valence-electron chi connectivity index (χ1n) is 15.6. The highest BCUT2D eigenvalue weighted by atomic mass is 15.1. The Morgan fingerprint density at radius 3 is 2.02 bits per heavy atom. The molecule has 0 saturated heterocycles. The van der Waals surface area contributed by atoms with Crippen LogP contribution in [-0.4, -0.2) is 29.1 Å². The van der Waals surface area contributed by atoms with Crippen LogP contribution in [0.15, 0.2) is 152 Å². The van der Waals surface area contributed by atoms with E-state index in [1.807, 2.05) is 49.2 Å². The minimum Gasteiger partial charge on any atom is -0.327 e. The maximum Gasteiger partial charge on any atom is 0.140 e. The average molecular weight is 605 g/mol. The van der Waals surface area contributed by atoms with Crippen molar-refractivity contribution in [1.82, 2.24) is 29.1 Å². The molecule has 0 fully saturated rings. The third-order valence-corrected chi connectivity index (χ3v) is 9.02. The first kappa shape index (κ1) is 27.0. The van der Waals surface area contributed by atoms with Crippen LogP contribution < -0.4 is 0 Å². The number of para-hydroxylation sites is 2. The van der Waals surface area contributed by atoms with Crippen molar-refractivity contribution in [3.8, 4) is 50.6 Å². The zero-order chi connectivity index (χ0) is 31.3. The highest BCUT2D eigenvalue weighted by Gasteiger charge is 2.20. The first-order valence-corrected chi connectivity index (χ1v) is 15.6. The standard InChI is InChI=1S/C41H28N6/c1-46-38-8-3-2-7-36(38)45-41(46)31-10-13-33-34-24-29(27-15-20-42-21-16-27)11-14-37(34)47(40(33)26-31)39-25-30(35-6-4-5-19-44-35)9-12-32(39)28-17-22-43-23-18-28/h2-26H,1H3. The third-order valence-electron chi connectivity index (χ3n) is 9.02. The number of rotatable bonds is 5. The third kappa shape index (κ3) is 4.50. The van der Waals surface area contributed by atoms with Gasteiger partial charge < -0.3 is 9.13 Å². The van der Waals surface area contributed by atoms with E-state index >= 15 is 0 Å². The fourth-order valence-electron chi connectivity index (χ4n) is 6.73. The Hall–Kier alpha value is -6.40. The molecule has 5 heterocycles. The quantitative estimate of drug-likeness (QED) is 0.196. The maximum absolute atomic E-state index is 5.05. The zero-order valence-corrected chi connectivity index (χ0v) is 25.6. The number of nitrogens with zero attached hydrogens (tertiary/aromatic N) is 6. The molecule has 0 unspecified atom stereocenters. The van der Waals surface area contributed by atoms with Gasteiger partial charge in [0.05, 0.1) is 33.4 Å². The lowest BCUT2D eigenvalue weighted by Gasteiger charge is -2.16. The lowest BCUT2D eigenvalue weighted by atomic mass is 10.00. The summed E-state index contributed by atoms with van der Waals surface area (Å²) in [6, 6.07) is 42.7. The molecular weight excluding hydrogens is 576 g/mol. The van der Waals surface area contributed by atoms with Crippen LogP contribution in [0.2, 0.25) is 0 Å². The normalized spacial score (nSPS) is 11.5. The van der Waals surface area contributed by atoms with E-state index < -0.39 is 0 Å². The molecule has 0 N–H and O–H groups in total. The van der Waals surface area contributed by atoms with E-state index in [4.69, 9.17) is 9.97 Å². The molecule has 4 aromatic carbocycles. The molecule has 0 spiro atoms. The van der Waals surface area contributed by atoms with Crippen molar-refractivity contribution in [2.75, 3.05) is 0 Å². The van der Waals surface area contributed by atoms with Crippen molar-refractivity contribution in [2.24, 2.45) is 7.05 Å². The molecule has 9 aromatic rings. The Morgan fingerprint density at radius 2 is 1.23 bits per heavy atom. The highest BCUT2D eigenvalue weighted by Crippen LogP contribution is 2.40. The molecule has 0 atom stereocenters. The predicted octanol–water partition coefficient (Wildman–Crippen LogP) is 9.52. The summed E-state index contributed by atoms with van der Waals surface area (Å²) in [6.45, 7) is 0. The van der Waals surface area contributed by atoms with Gasteiger partial charge in [0.2, 0.25) is 0 Å². The topological polar surface area (TPSA) is 61.4 Å². The summed E-state index contributed by atoms with van der Waals surface area (Å²) in [6.07, 6.45) is 9.23. The van der Waals surface area contributed by atoms with Crippen LogP contribution in [0.4, 0.5) is 0 Å². The first-order chi connectivity index (χ1) is 23.2. The van der Waals surface area contributed by atoms with Gasteiger partial charge in [0, 0.05) is 65.5 Å². The van der Waals surface area contributed by atoms with Gasteiger partial charge in [0.15, 0.2) is 0 Å². The Labute approximate surface area is 271 Å². The van der Waals surface area contributed by atoms with E-state index in [0.29, 0.717) is 0 Å². The molecular formula is C41H28N6. The van der Waals surface area contributed by atoms with Gasteiger partial charge in [-0.15, -0.1) is 0 Å². The summed E-state index contributed by atoms with van der Waals surface area (Å²) in [4.78, 5) is 18.3. The number of aromatic nitrogens is 6. The number of benzene rings is 4. The molecule has 9 rings (SSSR count). The molecule has 0 saturated carbocycles. The van der Waals surface area contributed by atoms with Gasteiger partial charge in [-0.05, 0) is 89.5 Å². The Morgan fingerprint density at radius 1 is 0.489 bits per heavy atom. The van der Waals surface area contributed by atoms with Crippen LogP contribution in [0.5, 0.6) is 0 Å². The summed E-state index contributed by atoms with van der Waals surface area (Å²) in [7, 11) is 2.09. The Kier molecular flexibility index (Phi) is 6.25. The molecule has 47 heavy (non-hydrogen) atoms. The van der Waals surface area contributed by atoms with E-state index in [-0.39, 0.29) is 0 Å². The zero-order valence-electron chi connectivity index (χ0n) is 25.6. The van der Waals surface area contributed by atoms with Gasteiger partial charge in [-0.3, -0.25) is 15.0 Å². The summed E-state index contributed by atoms with van der Waals surface area (Å²) < 4.78 is 4.57. The smallest absolute Gasteiger partial charge is 0.140 e. The van der Waals surface area contributed by atoms with Crippen LogP contribution in [-0.2, 0) is 7.05 Å². The summed E-state index contributed by atoms with van der Waals surface area (Å²) in [5.41, 5.74) is 12.9. The van der Waals surface area contributed by atoms with E-state index in [2.05, 4.69) is 129 Å². The summed E-state index contributed by atoms with van der Waals surface area (Å²) in [5, 5.41) is 2.34. The number of hydrogen-bond acceptors (Lipinski definition) is 4. The van der Waals surface area contributed by atoms with Gasteiger partial charge in [0.1, 0.15) is 5.82 Å². The fraction of sp³-hybridized carbons (Fsp3) is 0.0244. The minimum absolute atomic E-state index is 0.927. The number of aryl methyl sites for hydroxylation is 1. The Balaban J connectivity index is 1.37. The molecule has 6 nitrogen and oxygen atoms in total. The second kappa shape index (κ2) is 10.9. The fourth-order valence-corrected chi connectivity index (χ4v) is 6.73. The second-order valence-corrected chi connectivity index (χ2v) is 11.7. The van der Waals surface area contributed by atoms with Gasteiger partial charge >= 0.3 is 0 Å². The Bertz CT molecular complexity index is 2570. The van der Waals surface area contributed by atoms with Gasteiger partial charge in [0.25, 0.3) is 0 Å². The van der Waals surface area contributed by atoms with Crippen LogP contribution in [0, 0.1) is 0 Å². The van der Waals surface area contributed by atoms with Gasteiger partial charge in [-0.25, -0.2) is 4.98 Å². The van der Waals surface area contributed by atoms with Gasteiger partial charge in [-0.1, -0.05) is 48.5 Å². The molecule has 0 aliphatic heterocycles. The lowest BCUT2D eigenvalue weighted by molar-refractivity contribution is 0.959. The van der Waals surface area contributed by atoms with Crippen LogP contribution >= 0.6 is 0 Å². The van der Waals surface area contributed by atoms with Crippen molar-refractivity contribution >= 4 is 32.8 Å². The number of imidazole rings is 1. The number of fused-ring (bicyclic) bond motifs is 4. The van der Waals surface area contributed by atoms with Crippen molar-refractivity contribution < 1.29 is 0 Å². The lowest BCUT2D eigenvalue weighted by Crippen LogP contribution is -1.99. The second-order valence-electron chi connectivity index (χ2n) is 11.7. The summed E-state index contributed by atoms with van der Waals surface area (Å²) >= 11 is 0. The SMILES string of the molecule is Cn1c(-c2ccc3c4cc(-c5ccncc5)ccc4n(-c4cc(-c5ccccn5)ccc4-c4ccncc4)c3c2)nc2ccccc21. The minimum atomic E-state index is 0.927. The molecule has 5 aromatic heterocycles. The molecule has 0 bridgehead atoms. The van der Waals surface area contributed by atoms with Crippen LogP contribution in [0.25, 0.3) is 83.4 Å². The predicted molar refractivity (Wildman–Crippen MR) is 190 cm³/mol. The van der Waals surface area contributed by atoms with E-state index in [0.717, 1.165) is 72.7 Å².